The minimum atomic E-state index is -4.46. The first-order valence-electron chi connectivity index (χ1n) is 13.7. The van der Waals surface area contributed by atoms with Crippen molar-refractivity contribution in [3.8, 4) is 22.6 Å². The lowest BCUT2D eigenvalue weighted by atomic mass is 10.1. The minimum Gasteiger partial charge on any atom is -0.384 e. The molecule has 4 heterocycles. The van der Waals surface area contributed by atoms with Crippen LogP contribution in [0.4, 0.5) is 24.7 Å². The van der Waals surface area contributed by atoms with Gasteiger partial charge in [-0.1, -0.05) is 0 Å². The smallest absolute Gasteiger partial charge is 0.384 e. The van der Waals surface area contributed by atoms with Crippen molar-refractivity contribution in [3.63, 3.8) is 0 Å². The number of nitrogens with two attached hydrogens (primary N) is 1. The van der Waals surface area contributed by atoms with Crippen LogP contribution in [0.5, 0.6) is 0 Å². The number of hydrogen-bond acceptors (Lipinski definition) is 6. The molecule has 4 aromatic rings. The lowest BCUT2D eigenvalue weighted by molar-refractivity contribution is -0.137. The number of hydrogen-bond donors (Lipinski definition) is 1. The Morgan fingerprint density at radius 3 is 2.43 bits per heavy atom. The Balaban J connectivity index is 1.53. The van der Waals surface area contributed by atoms with Crippen molar-refractivity contribution in [3.05, 3.63) is 65.7 Å². The largest absolute Gasteiger partial charge is 0.416 e. The number of ether oxygens (including phenoxy) is 1. The predicted molar refractivity (Wildman–Crippen MR) is 158 cm³/mol. The molecular formula is C29H34F3N7O2Si-. The van der Waals surface area contributed by atoms with Gasteiger partial charge in [0, 0.05) is 36.3 Å². The molecular weight excluding hydrogens is 563 g/mol. The molecule has 9 nitrogen and oxygen atoms in total. The van der Waals surface area contributed by atoms with Gasteiger partial charge in [0.1, 0.15) is 24.1 Å². The van der Waals surface area contributed by atoms with Crippen LogP contribution in [-0.2, 0) is 17.6 Å². The van der Waals surface area contributed by atoms with Crippen LogP contribution in [-0.4, -0.2) is 51.4 Å². The molecule has 0 bridgehead atoms. The number of pyridine rings is 1. The summed E-state index contributed by atoms with van der Waals surface area (Å²) < 4.78 is 49.1. The van der Waals surface area contributed by atoms with Gasteiger partial charge in [-0.25, -0.2) is 9.97 Å². The monoisotopic (exact) mass is 597 g/mol. The van der Waals surface area contributed by atoms with Gasteiger partial charge in [0.05, 0.1) is 29.1 Å². The molecule has 5 rings (SSSR count). The third-order valence-corrected chi connectivity index (χ3v) is 9.06. The van der Waals surface area contributed by atoms with E-state index < -0.39 is 19.8 Å². The van der Waals surface area contributed by atoms with Crippen LogP contribution >= 0.6 is 0 Å². The average molecular weight is 598 g/mol. The Kier molecular flexibility index (Phi) is 7.75. The number of aromatic nitrogens is 5. The highest BCUT2D eigenvalue weighted by Gasteiger charge is 2.36. The van der Waals surface area contributed by atoms with E-state index in [0.29, 0.717) is 40.9 Å². The zero-order valence-electron chi connectivity index (χ0n) is 24.2. The quantitative estimate of drug-likeness (QED) is 0.190. The third-order valence-electron chi connectivity index (χ3n) is 7.35. The Morgan fingerprint density at radius 2 is 1.81 bits per heavy atom. The second-order valence-corrected chi connectivity index (χ2v) is 17.4. The normalized spacial score (nSPS) is 15.8. The summed E-state index contributed by atoms with van der Waals surface area (Å²) in [4.78, 5) is 24.5. The number of nitrogen functional groups attached to an aromatic ring is 1. The minimum absolute atomic E-state index is 0.221. The summed E-state index contributed by atoms with van der Waals surface area (Å²) in [7, 11) is -1.29. The number of halogens is 3. The molecule has 3 aromatic heterocycles. The molecule has 1 aromatic carbocycles. The highest BCUT2D eigenvalue weighted by molar-refractivity contribution is 6.76. The van der Waals surface area contributed by atoms with E-state index in [-0.39, 0.29) is 25.2 Å². The van der Waals surface area contributed by atoms with E-state index >= 15 is 0 Å². The summed E-state index contributed by atoms with van der Waals surface area (Å²) >= 11 is 0. The summed E-state index contributed by atoms with van der Waals surface area (Å²) in [5.41, 5.74) is 8.36. The van der Waals surface area contributed by atoms with Crippen molar-refractivity contribution in [1.82, 2.24) is 24.3 Å². The first-order chi connectivity index (χ1) is 19.7. The van der Waals surface area contributed by atoms with Gasteiger partial charge in [-0.05, 0) is 50.2 Å². The van der Waals surface area contributed by atoms with Crippen LogP contribution in [0.1, 0.15) is 34.7 Å². The summed E-state index contributed by atoms with van der Waals surface area (Å²) in [6, 6.07) is 8.94. The van der Waals surface area contributed by atoms with E-state index in [1.165, 1.54) is 17.0 Å². The Bertz CT molecular complexity index is 1590. The molecule has 1 aliphatic heterocycles. The van der Waals surface area contributed by atoms with Crippen molar-refractivity contribution in [2.24, 2.45) is 0 Å². The molecule has 13 heteroatoms. The molecule has 223 valence electrons. The number of amides is 1. The summed E-state index contributed by atoms with van der Waals surface area (Å²) in [5.74, 6) is 0.629. The molecule has 0 fully saturated rings. The summed E-state index contributed by atoms with van der Waals surface area (Å²) in [6.07, 6.45) is -1.20. The third kappa shape index (κ3) is 5.84. The fourth-order valence-electron chi connectivity index (χ4n) is 4.93. The summed E-state index contributed by atoms with van der Waals surface area (Å²) in [5, 5.41) is 4.52. The zero-order chi connectivity index (χ0) is 30.4. The van der Waals surface area contributed by atoms with E-state index in [4.69, 9.17) is 15.5 Å². The van der Waals surface area contributed by atoms with Gasteiger partial charge in [0.25, 0.3) is 5.91 Å². The van der Waals surface area contributed by atoms with Crippen molar-refractivity contribution in [2.45, 2.75) is 58.5 Å². The lowest BCUT2D eigenvalue weighted by Crippen LogP contribution is -2.42. The van der Waals surface area contributed by atoms with Gasteiger partial charge < -0.3 is 19.9 Å². The van der Waals surface area contributed by atoms with Crippen molar-refractivity contribution in [2.75, 3.05) is 23.8 Å². The zero-order valence-corrected chi connectivity index (χ0v) is 25.2. The number of benzene rings is 1. The molecule has 0 unspecified atom stereocenters. The Labute approximate surface area is 243 Å². The van der Waals surface area contributed by atoms with Crippen LogP contribution in [0, 0.1) is 6.92 Å². The maximum absolute atomic E-state index is 13.9. The highest BCUT2D eigenvalue weighted by atomic mass is 28.3. The van der Waals surface area contributed by atoms with Gasteiger partial charge in [0.2, 0.25) is 0 Å². The maximum atomic E-state index is 13.9. The lowest BCUT2D eigenvalue weighted by Gasteiger charge is -2.32. The van der Waals surface area contributed by atoms with Crippen molar-refractivity contribution < 1.29 is 22.7 Å². The molecule has 1 amide bonds. The van der Waals surface area contributed by atoms with Crippen LogP contribution in [0.2, 0.25) is 25.7 Å². The molecule has 0 saturated heterocycles. The number of carbonyl (C=O) groups excluding carboxylic acids is 1. The maximum Gasteiger partial charge on any atom is 0.416 e. The van der Waals surface area contributed by atoms with Crippen molar-refractivity contribution in [1.29, 1.82) is 0 Å². The number of imidazole rings is 1. The molecule has 0 radical (unpaired) electrons. The van der Waals surface area contributed by atoms with Gasteiger partial charge in [-0.2, -0.15) is 37.9 Å². The van der Waals surface area contributed by atoms with Gasteiger partial charge >= 0.3 is 6.18 Å². The Hall–Kier alpha value is -3.97. The molecule has 1 atom stereocenters. The van der Waals surface area contributed by atoms with Crippen LogP contribution in [0.25, 0.3) is 22.6 Å². The molecule has 0 aliphatic carbocycles. The number of nitrogens with zero attached hydrogens (tertiary/aromatic N) is 6. The fourth-order valence-corrected chi connectivity index (χ4v) is 5.68. The molecule has 2 N–H and O–H groups in total. The van der Waals surface area contributed by atoms with E-state index in [0.717, 1.165) is 29.4 Å². The topological polar surface area (TPSA) is 104 Å². The fraction of sp³-hybridized carbons (Fsp3) is 0.379. The van der Waals surface area contributed by atoms with Crippen LogP contribution in [0.15, 0.2) is 48.8 Å². The van der Waals surface area contributed by atoms with E-state index in [9.17, 15) is 18.0 Å². The Morgan fingerprint density at radius 1 is 1.10 bits per heavy atom. The van der Waals surface area contributed by atoms with E-state index in [2.05, 4.69) is 29.7 Å². The second-order valence-electron chi connectivity index (χ2n) is 11.8. The molecule has 0 spiro atoms. The number of rotatable bonds is 8. The number of carbonyl (C=O) groups is 1. The van der Waals surface area contributed by atoms with E-state index in [1.807, 2.05) is 24.5 Å². The predicted octanol–water partition coefficient (Wildman–Crippen LogP) is 6.25. The summed E-state index contributed by atoms with van der Waals surface area (Å²) in [6.45, 7) is 11.8. The van der Waals surface area contributed by atoms with Crippen LogP contribution in [0.3, 0.4) is 0 Å². The first-order valence-corrected chi connectivity index (χ1v) is 17.4. The van der Waals surface area contributed by atoms with Crippen molar-refractivity contribution >= 4 is 25.5 Å². The van der Waals surface area contributed by atoms with Crippen LogP contribution < -0.4 is 10.6 Å². The highest BCUT2D eigenvalue weighted by Crippen LogP contribution is 2.37. The standard InChI is InChI=1S/C29H34F3N7O2Si/c1-18-16-37(22-9-7-21(8-10-22)29(30,31)32)28(40)26-23(15-35-39(18)26)25-19(2)38(17-41-12-13-42(3,4)5)27(36-25)20-6-11-24(33)34-14-20/h6-11,14-15,18H,12-13,16-17H2,1-5H3,(H2,33,34)/q-1/t18-/m0/s1. The van der Waals surface area contributed by atoms with Gasteiger partial charge in [-0.15, -0.1) is 14.1 Å². The molecule has 1 aliphatic rings. The average Bonchev–Trinajstić information content (AvgIpc) is 3.50. The number of fused-ring (bicyclic) bond motifs is 1. The SMILES string of the molecule is Cc1c(-c2cnn3c2C(=O)N(c2ccc(C(F)(F)F)cc2)C[C@@H]3C)nc(-c2ccc(N)nc2)n1COCC[Si-](C)(C)C. The van der Waals surface area contributed by atoms with E-state index in [1.54, 1.807) is 23.1 Å². The number of alkyl halides is 3. The second kappa shape index (κ2) is 11.0. The molecule has 0 saturated carbocycles. The number of anilines is 2. The first kappa shape index (κ1) is 29.5. The molecule has 42 heavy (non-hydrogen) atoms. The van der Waals surface area contributed by atoms with Gasteiger partial charge in [-0.3, -0.25) is 9.48 Å². The van der Waals surface area contributed by atoms with Gasteiger partial charge in [0.15, 0.2) is 0 Å².